The topological polar surface area (TPSA) is 196 Å². The van der Waals surface area contributed by atoms with Crippen LogP contribution in [0.4, 0.5) is 0 Å². The maximum absolute atomic E-state index is 10.3. The Bertz CT molecular complexity index is 596. The fraction of sp³-hybridized carbons (Fsp3) is 0.833. The minimum absolute atomic E-state index is 0. The molecule has 0 aromatic carbocycles. The fourth-order valence-corrected chi connectivity index (χ4v) is 2.80. The standard InChI is InChI=1S/C12H26O4S.C6H8O7.2Na.2H/c1-2-3-4-5-6-7-8-9-10-11-12-16-17(13,14)15;7-3(8)1-6(13,5(11)12)2-4(9)10;;;;/h2-12H2,1H3,(H,13,14,15);13H,1-2H2,(H,7,8)(H,9,10)(H,11,12);;;;. The number of carbonyl (C=O) groups is 3. The van der Waals surface area contributed by atoms with Crippen LogP contribution in [0.15, 0.2) is 0 Å². The molecule has 0 heterocycles. The molecule has 0 aromatic rings. The summed E-state index contributed by atoms with van der Waals surface area (Å²) < 4.78 is 33.0. The molecule has 0 radical (unpaired) electrons. The van der Waals surface area contributed by atoms with Crippen LogP contribution in [0.2, 0.25) is 0 Å². The van der Waals surface area contributed by atoms with Crippen molar-refractivity contribution >= 4 is 87.4 Å². The van der Waals surface area contributed by atoms with E-state index in [2.05, 4.69) is 11.1 Å². The molecule has 0 rings (SSSR count). The molecule has 0 saturated carbocycles. The third-order valence-electron chi connectivity index (χ3n) is 4.02. The van der Waals surface area contributed by atoms with Gasteiger partial charge in [0.1, 0.15) is 0 Å². The number of hydrogen-bond acceptors (Lipinski definition) is 7. The molecule has 32 heavy (non-hydrogen) atoms. The second-order valence-corrected chi connectivity index (χ2v) is 8.00. The fourth-order valence-electron chi connectivity index (χ4n) is 2.47. The second-order valence-electron chi connectivity index (χ2n) is 6.91. The Balaban J connectivity index is -0.000000238. The predicted octanol–water partition coefficient (Wildman–Crippen LogP) is 1.18. The summed E-state index contributed by atoms with van der Waals surface area (Å²) in [4.78, 5) is 30.5. The van der Waals surface area contributed by atoms with Crippen molar-refractivity contribution in [2.24, 2.45) is 0 Å². The zero-order valence-corrected chi connectivity index (χ0v) is 18.1. The zero-order chi connectivity index (χ0) is 23.6. The van der Waals surface area contributed by atoms with Crippen molar-refractivity contribution in [3.63, 3.8) is 0 Å². The van der Waals surface area contributed by atoms with E-state index in [1.54, 1.807) is 0 Å². The molecular formula is C18H36Na2O11S. The molecule has 0 amide bonds. The van der Waals surface area contributed by atoms with Gasteiger partial charge in [0.15, 0.2) is 5.60 Å². The van der Waals surface area contributed by atoms with Crippen molar-refractivity contribution in [3.05, 3.63) is 0 Å². The number of rotatable bonds is 17. The number of carboxylic acids is 3. The van der Waals surface area contributed by atoms with Crippen LogP contribution in [0, 0.1) is 0 Å². The molecule has 182 valence electrons. The summed E-state index contributed by atoms with van der Waals surface area (Å²) in [6.45, 7) is 2.31. The van der Waals surface area contributed by atoms with Gasteiger partial charge in [0, 0.05) is 0 Å². The number of carboxylic acid groups (broad SMARTS) is 3. The van der Waals surface area contributed by atoms with Gasteiger partial charge in [-0.15, -0.1) is 0 Å². The molecule has 0 spiro atoms. The van der Waals surface area contributed by atoms with Gasteiger partial charge in [-0.25, -0.2) is 8.98 Å². The van der Waals surface area contributed by atoms with Crippen molar-refractivity contribution in [2.45, 2.75) is 89.6 Å². The summed E-state index contributed by atoms with van der Waals surface area (Å²) in [5.74, 6) is -5.02. The molecule has 5 N–H and O–H groups in total. The van der Waals surface area contributed by atoms with Gasteiger partial charge in [-0.3, -0.25) is 14.1 Å². The summed E-state index contributed by atoms with van der Waals surface area (Å²) >= 11 is 0. The van der Waals surface area contributed by atoms with E-state index in [1.165, 1.54) is 44.9 Å². The molecule has 0 aliphatic heterocycles. The van der Waals surface area contributed by atoms with Crippen molar-refractivity contribution in [2.75, 3.05) is 6.61 Å². The van der Waals surface area contributed by atoms with Gasteiger partial charge in [-0.2, -0.15) is 8.42 Å². The van der Waals surface area contributed by atoms with Gasteiger partial charge in [-0.05, 0) is 6.42 Å². The Labute approximate surface area is 233 Å². The Kier molecular flexibility index (Phi) is 28.4. The van der Waals surface area contributed by atoms with E-state index in [-0.39, 0.29) is 65.7 Å². The Morgan fingerprint density at radius 2 is 1.09 bits per heavy atom. The Morgan fingerprint density at radius 1 is 0.750 bits per heavy atom. The van der Waals surface area contributed by atoms with Gasteiger partial charge >= 0.3 is 87.4 Å². The van der Waals surface area contributed by atoms with Crippen LogP contribution in [0.25, 0.3) is 0 Å². The van der Waals surface area contributed by atoms with E-state index in [0.29, 0.717) is 6.42 Å². The number of aliphatic hydroxyl groups is 1. The normalized spacial score (nSPS) is 10.7. The van der Waals surface area contributed by atoms with Crippen LogP contribution in [0.1, 0.15) is 84.0 Å². The third-order valence-corrected chi connectivity index (χ3v) is 4.48. The quantitative estimate of drug-likeness (QED) is 0.108. The molecule has 0 aromatic heterocycles. The van der Waals surface area contributed by atoms with E-state index in [0.717, 1.165) is 12.8 Å². The monoisotopic (exact) mass is 506 g/mol. The van der Waals surface area contributed by atoms with Gasteiger partial charge in [0.2, 0.25) is 0 Å². The van der Waals surface area contributed by atoms with Gasteiger partial charge < -0.3 is 20.4 Å². The van der Waals surface area contributed by atoms with E-state index in [4.69, 9.17) is 25.0 Å². The first-order chi connectivity index (χ1) is 13.8. The van der Waals surface area contributed by atoms with Crippen LogP contribution in [0.5, 0.6) is 0 Å². The van der Waals surface area contributed by atoms with Crippen molar-refractivity contribution in [1.82, 2.24) is 0 Å². The van der Waals surface area contributed by atoms with Gasteiger partial charge in [0.05, 0.1) is 19.4 Å². The van der Waals surface area contributed by atoms with Crippen molar-refractivity contribution in [1.29, 1.82) is 0 Å². The number of unbranched alkanes of at least 4 members (excludes halogenated alkanes) is 9. The average molecular weight is 507 g/mol. The maximum atomic E-state index is 10.3. The predicted molar refractivity (Wildman–Crippen MR) is 121 cm³/mol. The van der Waals surface area contributed by atoms with Crippen LogP contribution in [-0.4, -0.2) is 123 Å². The van der Waals surface area contributed by atoms with E-state index in [1.807, 2.05) is 0 Å². The van der Waals surface area contributed by atoms with Crippen molar-refractivity contribution < 1.29 is 52.0 Å². The first-order valence-corrected chi connectivity index (χ1v) is 11.2. The van der Waals surface area contributed by atoms with E-state index >= 15 is 0 Å². The Morgan fingerprint density at radius 3 is 1.38 bits per heavy atom. The average Bonchev–Trinajstić information content (AvgIpc) is 2.57. The molecule has 0 saturated heterocycles. The first kappa shape index (κ1) is 39.5. The molecule has 11 nitrogen and oxygen atoms in total. The SMILES string of the molecule is CCCCCCCCCCCCOS(=O)(=O)O.O=C(O)CC(O)(CC(=O)O)C(=O)O.[NaH].[NaH]. The van der Waals surface area contributed by atoms with Crippen LogP contribution in [0.3, 0.4) is 0 Å². The molecule has 0 aliphatic carbocycles. The van der Waals surface area contributed by atoms with Crippen LogP contribution >= 0.6 is 0 Å². The first-order valence-electron chi connectivity index (χ1n) is 9.85. The summed E-state index contributed by atoms with van der Waals surface area (Å²) in [5, 5.41) is 33.8. The summed E-state index contributed by atoms with van der Waals surface area (Å²) in [5.41, 5.74) is -2.74. The summed E-state index contributed by atoms with van der Waals surface area (Å²) in [6, 6.07) is 0. The van der Waals surface area contributed by atoms with Crippen molar-refractivity contribution in [3.8, 4) is 0 Å². The molecule has 0 unspecified atom stereocenters. The third kappa shape index (κ3) is 28.3. The van der Waals surface area contributed by atoms with E-state index in [9.17, 15) is 22.8 Å². The molecule has 0 bridgehead atoms. The minimum atomic E-state index is -4.23. The zero-order valence-electron chi connectivity index (χ0n) is 17.3. The summed E-state index contributed by atoms with van der Waals surface area (Å²) in [7, 11) is -4.23. The second kappa shape index (κ2) is 23.0. The van der Waals surface area contributed by atoms with Gasteiger partial charge in [-0.1, -0.05) is 64.7 Å². The van der Waals surface area contributed by atoms with Gasteiger partial charge in [0.25, 0.3) is 0 Å². The molecule has 0 fully saturated rings. The summed E-state index contributed by atoms with van der Waals surface area (Å²) in [6.07, 6.45) is 9.56. The van der Waals surface area contributed by atoms with Crippen LogP contribution < -0.4 is 0 Å². The number of aliphatic carboxylic acids is 3. The number of hydrogen-bond donors (Lipinski definition) is 5. The Hall–Kier alpha value is 0.240. The van der Waals surface area contributed by atoms with E-state index < -0.39 is 46.7 Å². The van der Waals surface area contributed by atoms with Crippen LogP contribution in [-0.2, 0) is 29.0 Å². The molecular weight excluding hydrogens is 470 g/mol. The molecule has 0 aliphatic rings. The molecule has 14 heteroatoms. The molecule has 0 atom stereocenters.